The van der Waals surface area contributed by atoms with E-state index in [1.165, 1.54) is 25.3 Å². The summed E-state index contributed by atoms with van der Waals surface area (Å²) in [6.07, 6.45) is 8.75. The molecule has 0 aromatic rings. The molecule has 0 aliphatic heterocycles. The minimum atomic E-state index is 0.529. The number of hydrogen-bond donors (Lipinski definition) is 0. The van der Waals surface area contributed by atoms with Crippen LogP contribution in [0.25, 0.3) is 0 Å². The summed E-state index contributed by atoms with van der Waals surface area (Å²) in [4.78, 5) is 9.77. The Labute approximate surface area is 63.1 Å². The van der Waals surface area contributed by atoms with Gasteiger partial charge in [0.25, 0.3) is 0 Å². The van der Waals surface area contributed by atoms with Crippen molar-refractivity contribution in [1.82, 2.24) is 0 Å². The number of carbonyl (C=O) groups excluding carboxylic acids is 1. The van der Waals surface area contributed by atoms with Crippen LogP contribution in [0, 0.1) is 5.92 Å². The molecule has 1 nitrogen and oxygen atoms in total. The molecule has 0 aliphatic rings. The van der Waals surface area contributed by atoms with Crippen molar-refractivity contribution < 1.29 is 4.79 Å². The van der Waals surface area contributed by atoms with Gasteiger partial charge in [0.2, 0.25) is 6.29 Å². The summed E-state index contributed by atoms with van der Waals surface area (Å²) in [7, 11) is 0. The molecule has 0 aliphatic carbocycles. The average molecular weight is 139 g/mol. The number of hydrogen-bond acceptors (Lipinski definition) is 1. The van der Waals surface area contributed by atoms with E-state index in [1.54, 1.807) is 6.29 Å². The molecule has 0 aromatic heterocycles. The van der Waals surface area contributed by atoms with Crippen LogP contribution in [0.3, 0.4) is 0 Å². The Kier molecular flexibility index (Phi) is 6.14. The van der Waals surface area contributed by atoms with E-state index in [1.807, 2.05) is 6.08 Å². The van der Waals surface area contributed by atoms with E-state index in [9.17, 15) is 4.79 Å². The third kappa shape index (κ3) is 5.54. The fraction of sp³-hybridized carbons (Fsp3) is 0.667. The van der Waals surface area contributed by atoms with Crippen molar-refractivity contribution in [2.45, 2.75) is 33.1 Å². The van der Waals surface area contributed by atoms with Gasteiger partial charge in [-0.15, -0.1) is 0 Å². The van der Waals surface area contributed by atoms with Gasteiger partial charge in [-0.3, -0.25) is 4.79 Å². The monoisotopic (exact) mass is 139 g/mol. The molecule has 0 spiro atoms. The highest BCUT2D eigenvalue weighted by atomic mass is 16.1. The first-order valence-electron chi connectivity index (χ1n) is 3.85. The van der Waals surface area contributed by atoms with Crippen LogP contribution < -0.4 is 0 Å². The van der Waals surface area contributed by atoms with Crippen LogP contribution in [0.4, 0.5) is 0 Å². The maximum Gasteiger partial charge on any atom is 0.225 e. The highest BCUT2D eigenvalue weighted by molar-refractivity contribution is 5.65. The molecule has 1 unspecified atom stereocenters. The molecular formula is C9H15O. The number of allylic oxidation sites excluding steroid dienone is 2. The van der Waals surface area contributed by atoms with Gasteiger partial charge in [0.1, 0.15) is 0 Å². The van der Waals surface area contributed by atoms with E-state index in [0.717, 1.165) is 0 Å². The molecule has 0 N–H and O–H groups in total. The molecule has 1 atom stereocenters. The van der Waals surface area contributed by atoms with Crippen molar-refractivity contribution >= 4 is 6.29 Å². The van der Waals surface area contributed by atoms with Crippen LogP contribution in [0.2, 0.25) is 0 Å². The van der Waals surface area contributed by atoms with Crippen molar-refractivity contribution in [3.05, 3.63) is 12.2 Å². The first-order chi connectivity index (χ1) is 4.81. The average Bonchev–Trinajstić information content (AvgIpc) is 1.97. The first-order valence-corrected chi connectivity index (χ1v) is 3.85. The zero-order valence-electron chi connectivity index (χ0n) is 6.76. The minimum Gasteiger partial charge on any atom is -0.286 e. The van der Waals surface area contributed by atoms with E-state index in [4.69, 9.17) is 0 Å². The van der Waals surface area contributed by atoms with Crippen molar-refractivity contribution in [2.75, 3.05) is 0 Å². The molecule has 0 aromatic carbocycles. The van der Waals surface area contributed by atoms with Gasteiger partial charge < -0.3 is 0 Å². The SMILES string of the molecule is CCCCC(C)/C=C/[C]=O. The van der Waals surface area contributed by atoms with Crippen LogP contribution in [0.1, 0.15) is 33.1 Å². The lowest BCUT2D eigenvalue weighted by Crippen LogP contribution is -1.88. The highest BCUT2D eigenvalue weighted by Crippen LogP contribution is 2.07. The Morgan fingerprint density at radius 3 is 2.80 bits per heavy atom. The summed E-state index contributed by atoms with van der Waals surface area (Å²) in [6.45, 7) is 4.28. The molecule has 0 saturated heterocycles. The molecule has 0 amide bonds. The standard InChI is InChI=1S/C9H15O/c1-3-4-6-9(2)7-5-8-10/h5,7,9H,3-4,6H2,1-2H3/b7-5+. The Morgan fingerprint density at radius 2 is 2.30 bits per heavy atom. The molecule has 0 bridgehead atoms. The van der Waals surface area contributed by atoms with E-state index >= 15 is 0 Å². The van der Waals surface area contributed by atoms with E-state index < -0.39 is 0 Å². The highest BCUT2D eigenvalue weighted by Gasteiger charge is 1.93. The maximum atomic E-state index is 9.77. The molecule has 1 radical (unpaired) electrons. The lowest BCUT2D eigenvalue weighted by Gasteiger charge is -2.01. The Hall–Kier alpha value is -0.590. The lowest BCUT2D eigenvalue weighted by molar-refractivity contribution is 0.562. The van der Waals surface area contributed by atoms with Gasteiger partial charge >= 0.3 is 0 Å². The Morgan fingerprint density at radius 1 is 1.60 bits per heavy atom. The van der Waals surface area contributed by atoms with Gasteiger partial charge in [-0.05, 0) is 18.4 Å². The summed E-state index contributed by atoms with van der Waals surface area (Å²) in [5.74, 6) is 0.529. The summed E-state index contributed by atoms with van der Waals surface area (Å²) in [6, 6.07) is 0. The smallest absolute Gasteiger partial charge is 0.225 e. The molecule has 10 heavy (non-hydrogen) atoms. The normalized spacial score (nSPS) is 13.8. The van der Waals surface area contributed by atoms with Gasteiger partial charge in [-0.2, -0.15) is 0 Å². The van der Waals surface area contributed by atoms with Crippen LogP contribution in [-0.2, 0) is 4.79 Å². The summed E-state index contributed by atoms with van der Waals surface area (Å²) < 4.78 is 0. The number of rotatable bonds is 5. The van der Waals surface area contributed by atoms with E-state index in [-0.39, 0.29) is 0 Å². The zero-order chi connectivity index (χ0) is 7.82. The largest absolute Gasteiger partial charge is 0.286 e. The topological polar surface area (TPSA) is 17.1 Å². The fourth-order valence-corrected chi connectivity index (χ4v) is 0.826. The van der Waals surface area contributed by atoms with E-state index in [0.29, 0.717) is 5.92 Å². The second-order valence-electron chi connectivity index (χ2n) is 2.60. The van der Waals surface area contributed by atoms with E-state index in [2.05, 4.69) is 13.8 Å². The van der Waals surface area contributed by atoms with Crippen molar-refractivity contribution in [1.29, 1.82) is 0 Å². The molecular weight excluding hydrogens is 124 g/mol. The molecule has 0 heterocycles. The lowest BCUT2D eigenvalue weighted by atomic mass is 10.0. The first kappa shape index (κ1) is 9.41. The second-order valence-corrected chi connectivity index (χ2v) is 2.60. The Balaban J connectivity index is 3.32. The minimum absolute atomic E-state index is 0.529. The zero-order valence-corrected chi connectivity index (χ0v) is 6.76. The maximum absolute atomic E-state index is 9.77. The summed E-state index contributed by atoms with van der Waals surface area (Å²) in [5.41, 5.74) is 0. The van der Waals surface area contributed by atoms with Crippen LogP contribution >= 0.6 is 0 Å². The van der Waals surface area contributed by atoms with Gasteiger partial charge in [0.15, 0.2) is 0 Å². The van der Waals surface area contributed by atoms with Crippen LogP contribution in [0.15, 0.2) is 12.2 Å². The van der Waals surface area contributed by atoms with Gasteiger partial charge in [-0.25, -0.2) is 0 Å². The van der Waals surface area contributed by atoms with Gasteiger partial charge in [-0.1, -0.05) is 32.8 Å². The quantitative estimate of drug-likeness (QED) is 0.535. The van der Waals surface area contributed by atoms with Gasteiger partial charge in [0.05, 0.1) is 0 Å². The predicted molar refractivity (Wildman–Crippen MR) is 43.5 cm³/mol. The van der Waals surface area contributed by atoms with Crippen molar-refractivity contribution in [3.8, 4) is 0 Å². The second kappa shape index (κ2) is 6.53. The molecule has 0 fully saturated rings. The third-order valence-electron chi connectivity index (χ3n) is 1.51. The van der Waals surface area contributed by atoms with Gasteiger partial charge in [0, 0.05) is 0 Å². The molecule has 0 saturated carbocycles. The van der Waals surface area contributed by atoms with Crippen molar-refractivity contribution in [2.24, 2.45) is 5.92 Å². The summed E-state index contributed by atoms with van der Waals surface area (Å²) in [5, 5.41) is 0. The Bertz CT molecular complexity index is 105. The summed E-state index contributed by atoms with van der Waals surface area (Å²) >= 11 is 0. The molecule has 57 valence electrons. The van der Waals surface area contributed by atoms with Crippen molar-refractivity contribution in [3.63, 3.8) is 0 Å². The molecule has 1 heteroatoms. The number of unbranched alkanes of at least 4 members (excludes halogenated alkanes) is 1. The van der Waals surface area contributed by atoms with Crippen LogP contribution in [0.5, 0.6) is 0 Å². The fourth-order valence-electron chi connectivity index (χ4n) is 0.826. The molecule has 0 rings (SSSR count). The third-order valence-corrected chi connectivity index (χ3v) is 1.51. The van der Waals surface area contributed by atoms with Crippen LogP contribution in [-0.4, -0.2) is 6.29 Å². The predicted octanol–water partition coefficient (Wildman–Crippen LogP) is 2.48.